The SMILES string of the molecule is COC(=O)c1c2c3ccc(Cl)c(c3n1C)-c1c(nn(C)c1C)CN(S(=O)(=O)c1ccccc1[N+](=O)[O-])Cc1cc(n(C)n1)CS(=O)(=O)c1cc(c3ccccc3c1)OCCC2. The minimum atomic E-state index is -4.70. The number of nitrogens with zero attached hydrogens (tertiary/aromatic N) is 7. The van der Waals surface area contributed by atoms with Crippen LogP contribution in [0.25, 0.3) is 32.8 Å². The molecule has 0 spiro atoms. The lowest BCUT2D eigenvalue weighted by molar-refractivity contribution is -0.387. The quantitative estimate of drug-likeness (QED) is 0.103. The molecule has 3 aromatic heterocycles. The molecule has 4 heterocycles. The number of hydrogen-bond donors (Lipinski definition) is 0. The highest BCUT2D eigenvalue weighted by Crippen LogP contribution is 2.43. The molecule has 61 heavy (non-hydrogen) atoms. The average molecular weight is 886 g/mol. The lowest BCUT2D eigenvalue weighted by Gasteiger charge is -2.21. The van der Waals surface area contributed by atoms with Crippen molar-refractivity contribution in [2.75, 3.05) is 13.7 Å². The number of carbonyl (C=O) groups excluding carboxylic acids is 1. The number of sulfonamides is 1. The number of esters is 1. The zero-order valence-electron chi connectivity index (χ0n) is 33.7. The second-order valence-corrected chi connectivity index (χ2v) is 19.1. The smallest absolute Gasteiger partial charge is 0.354 e. The molecule has 1 aliphatic heterocycles. The number of aromatic nitrogens is 5. The average Bonchev–Trinajstić information content (AvgIpc) is 3.82. The molecule has 7 aromatic rings. The third kappa shape index (κ3) is 7.32. The van der Waals surface area contributed by atoms with Gasteiger partial charge in [-0.05, 0) is 61.0 Å². The van der Waals surface area contributed by atoms with Crippen molar-refractivity contribution in [3.05, 3.63) is 128 Å². The van der Waals surface area contributed by atoms with E-state index in [0.717, 1.165) is 16.4 Å². The van der Waals surface area contributed by atoms with Crippen molar-refractivity contribution in [2.24, 2.45) is 21.1 Å². The Morgan fingerprint density at radius 3 is 2.43 bits per heavy atom. The summed E-state index contributed by atoms with van der Waals surface area (Å²) in [6.45, 7) is 1.13. The van der Waals surface area contributed by atoms with Gasteiger partial charge in [-0.3, -0.25) is 19.5 Å². The van der Waals surface area contributed by atoms with E-state index in [1.807, 2.05) is 18.2 Å². The van der Waals surface area contributed by atoms with Crippen molar-refractivity contribution in [3.63, 3.8) is 0 Å². The fourth-order valence-corrected chi connectivity index (χ4v) is 11.3. The van der Waals surface area contributed by atoms with Crippen LogP contribution in [0, 0.1) is 17.0 Å². The van der Waals surface area contributed by atoms with Crippen LogP contribution in [0.5, 0.6) is 5.75 Å². The molecule has 0 unspecified atom stereocenters. The standard InChI is InChI=1S/C42H40ClN7O9S2/c1-25-38-34(45-47(25)3)23-49(61(56,57)37-15-9-8-14-35(37)50(52)53)22-27-20-28(48(4)44-27)24-60(54,55)29-19-26-11-6-7-12-30(26)36(21-29)59-18-10-13-31-32-16-17-33(43)39(38)40(32)46(2)41(31)42(51)58-5/h6-9,11-12,14-17,19-21H,10,13,18,22-24H2,1-5H3. The summed E-state index contributed by atoms with van der Waals surface area (Å²) < 4.78 is 75.2. The zero-order valence-corrected chi connectivity index (χ0v) is 36.1. The van der Waals surface area contributed by atoms with Crippen LogP contribution in [0.3, 0.4) is 0 Å². The van der Waals surface area contributed by atoms with Crippen LogP contribution in [0.15, 0.2) is 88.7 Å². The molecular formula is C42H40ClN7O9S2. The Labute approximate surface area is 356 Å². The van der Waals surface area contributed by atoms with Crippen LogP contribution < -0.4 is 4.74 Å². The van der Waals surface area contributed by atoms with Crippen LogP contribution in [0.2, 0.25) is 5.02 Å². The predicted octanol–water partition coefficient (Wildman–Crippen LogP) is 6.81. The maximum Gasteiger partial charge on any atom is 0.354 e. The Hall–Kier alpha value is -6.08. The van der Waals surface area contributed by atoms with E-state index in [1.54, 1.807) is 61.6 Å². The van der Waals surface area contributed by atoms with E-state index in [4.69, 9.17) is 26.2 Å². The lowest BCUT2D eigenvalue weighted by Crippen LogP contribution is -2.31. The number of hydrogen-bond acceptors (Lipinski definition) is 11. The van der Waals surface area contributed by atoms with E-state index in [1.165, 1.54) is 36.1 Å². The molecule has 8 rings (SSSR count). The van der Waals surface area contributed by atoms with Gasteiger partial charge in [0, 0.05) is 54.8 Å². The van der Waals surface area contributed by atoms with E-state index in [-0.39, 0.29) is 34.3 Å². The summed E-state index contributed by atoms with van der Waals surface area (Å²) in [5.74, 6) is -0.706. The first-order chi connectivity index (χ1) is 29.0. The van der Waals surface area contributed by atoms with Crippen molar-refractivity contribution < 1.29 is 36.0 Å². The first-order valence-electron chi connectivity index (χ1n) is 19.1. The first-order valence-corrected chi connectivity index (χ1v) is 22.5. The Kier molecular flexibility index (Phi) is 10.8. The Balaban J connectivity index is 1.38. The van der Waals surface area contributed by atoms with Crippen molar-refractivity contribution in [1.29, 1.82) is 0 Å². The number of rotatable bonds is 4. The van der Waals surface area contributed by atoms with Gasteiger partial charge in [0.1, 0.15) is 11.4 Å². The molecule has 0 amide bonds. The largest absolute Gasteiger partial charge is 0.493 e. The van der Waals surface area contributed by atoms with Crippen LogP contribution in [-0.2, 0) is 71.0 Å². The van der Waals surface area contributed by atoms with Gasteiger partial charge in [-0.15, -0.1) is 0 Å². The van der Waals surface area contributed by atoms with Gasteiger partial charge >= 0.3 is 5.97 Å². The van der Waals surface area contributed by atoms with Gasteiger partial charge in [-0.25, -0.2) is 21.6 Å². The minimum absolute atomic E-state index is 0.0138. The van der Waals surface area contributed by atoms with Crippen molar-refractivity contribution in [3.8, 4) is 16.9 Å². The number of nitro groups is 1. The van der Waals surface area contributed by atoms with Crippen molar-refractivity contribution >= 4 is 64.8 Å². The second-order valence-electron chi connectivity index (χ2n) is 14.8. The molecule has 4 aromatic carbocycles. The molecular weight excluding hydrogens is 846 g/mol. The van der Waals surface area contributed by atoms with Crippen molar-refractivity contribution in [1.82, 2.24) is 28.4 Å². The normalized spacial score (nSPS) is 15.0. The number of methoxy groups -OCH3 is 1. The van der Waals surface area contributed by atoms with Crippen LogP contribution in [0.4, 0.5) is 5.69 Å². The number of aryl methyl sites for hydroxylation is 4. The van der Waals surface area contributed by atoms with E-state index in [2.05, 4.69) is 5.10 Å². The van der Waals surface area contributed by atoms with E-state index >= 15 is 0 Å². The van der Waals surface area contributed by atoms with Gasteiger partial charge in [-0.2, -0.15) is 14.5 Å². The molecule has 16 nitrogen and oxygen atoms in total. The number of nitro benzene ring substituents is 1. The molecule has 0 saturated carbocycles. The highest BCUT2D eigenvalue weighted by Gasteiger charge is 2.35. The molecule has 316 valence electrons. The molecule has 0 aliphatic carbocycles. The first kappa shape index (κ1) is 41.6. The number of para-hydroxylation sites is 1. The monoisotopic (exact) mass is 885 g/mol. The molecule has 0 fully saturated rings. The summed E-state index contributed by atoms with van der Waals surface area (Å²) >= 11 is 7.10. The maximum absolute atomic E-state index is 14.8. The van der Waals surface area contributed by atoms with E-state index < -0.39 is 60.2 Å². The number of ether oxygens (including phenoxy) is 2. The number of carbonyl (C=O) groups is 1. The molecule has 19 heteroatoms. The second kappa shape index (κ2) is 15.7. The van der Waals surface area contributed by atoms with Crippen LogP contribution in [0.1, 0.15) is 45.2 Å². The summed E-state index contributed by atoms with van der Waals surface area (Å²) in [6.07, 6.45) is 0.766. The van der Waals surface area contributed by atoms with E-state index in [0.29, 0.717) is 67.7 Å². The fraction of sp³-hybridized carbons (Fsp3) is 0.262. The third-order valence-corrected chi connectivity index (χ3v) is 14.9. The lowest BCUT2D eigenvalue weighted by atomic mass is 9.98. The molecule has 0 N–H and O–H groups in total. The maximum atomic E-state index is 14.8. The zero-order chi connectivity index (χ0) is 43.5. The Bertz CT molecular complexity index is 3170. The summed E-state index contributed by atoms with van der Waals surface area (Å²) in [7, 11) is -2.47. The van der Waals surface area contributed by atoms with Gasteiger partial charge in [0.05, 0.1) is 70.0 Å². The number of fused-ring (bicyclic) bond motifs is 8. The van der Waals surface area contributed by atoms with Gasteiger partial charge in [0.25, 0.3) is 15.7 Å². The summed E-state index contributed by atoms with van der Waals surface area (Å²) in [4.78, 5) is 24.5. The minimum Gasteiger partial charge on any atom is -0.493 e. The van der Waals surface area contributed by atoms with Gasteiger partial charge in [0.2, 0.25) is 0 Å². The van der Waals surface area contributed by atoms with Crippen LogP contribution >= 0.6 is 11.6 Å². The molecule has 0 saturated heterocycles. The fourth-order valence-electron chi connectivity index (χ4n) is 8.14. The Morgan fingerprint density at radius 1 is 0.934 bits per heavy atom. The number of halogens is 1. The summed E-state index contributed by atoms with van der Waals surface area (Å²) in [5, 5.41) is 23.9. The van der Waals surface area contributed by atoms with Gasteiger partial charge < -0.3 is 14.0 Å². The summed E-state index contributed by atoms with van der Waals surface area (Å²) in [5.41, 5.74) is 3.15. The highest BCUT2D eigenvalue weighted by molar-refractivity contribution is 7.90. The molecule has 0 atom stereocenters. The molecule has 1 aliphatic rings. The molecule has 8 bridgehead atoms. The van der Waals surface area contributed by atoms with Gasteiger partial charge in [-0.1, -0.05) is 54.1 Å². The van der Waals surface area contributed by atoms with Gasteiger partial charge in [0.15, 0.2) is 14.7 Å². The van der Waals surface area contributed by atoms with Crippen molar-refractivity contribution in [2.45, 2.75) is 48.4 Å². The highest BCUT2D eigenvalue weighted by atomic mass is 35.5. The third-order valence-electron chi connectivity index (χ3n) is 11.1. The number of sulfone groups is 1. The molecule has 0 radical (unpaired) electrons. The predicted molar refractivity (Wildman–Crippen MR) is 228 cm³/mol. The summed E-state index contributed by atoms with van der Waals surface area (Å²) in [6, 6.07) is 20.4. The van der Waals surface area contributed by atoms with Crippen LogP contribution in [-0.4, -0.2) is 69.9 Å². The Morgan fingerprint density at radius 2 is 1.67 bits per heavy atom. The topological polar surface area (TPSA) is 191 Å². The van der Waals surface area contributed by atoms with E-state index in [9.17, 15) is 31.7 Å². The number of benzene rings is 4.